The van der Waals surface area contributed by atoms with Gasteiger partial charge in [-0.15, -0.1) is 13.2 Å². The van der Waals surface area contributed by atoms with Gasteiger partial charge in [0.05, 0.1) is 11.2 Å². The van der Waals surface area contributed by atoms with Gasteiger partial charge in [-0.1, -0.05) is 24.3 Å². The lowest BCUT2D eigenvalue weighted by molar-refractivity contribution is -0.274. The van der Waals surface area contributed by atoms with Crippen LogP contribution in [0.3, 0.4) is 0 Å². The number of halogens is 4. The number of H-pyrrole nitrogens is 1. The van der Waals surface area contributed by atoms with E-state index in [1.165, 1.54) is 24.5 Å². The summed E-state index contributed by atoms with van der Waals surface area (Å²) in [4.78, 5) is 11.8. The van der Waals surface area contributed by atoms with Crippen molar-refractivity contribution in [2.75, 3.05) is 11.9 Å². The molecule has 36 heavy (non-hydrogen) atoms. The van der Waals surface area contributed by atoms with E-state index < -0.39 is 6.36 Å². The lowest BCUT2D eigenvalue weighted by Crippen LogP contribution is -2.17. The van der Waals surface area contributed by atoms with Crippen molar-refractivity contribution in [2.45, 2.75) is 40.5 Å². The topological polar surface area (TPSA) is 62.8 Å². The van der Waals surface area contributed by atoms with Crippen molar-refractivity contribution in [1.29, 1.82) is 0 Å². The molecule has 4 rings (SSSR count). The van der Waals surface area contributed by atoms with Gasteiger partial charge in [0.1, 0.15) is 23.7 Å². The molecule has 0 saturated heterocycles. The fourth-order valence-electron chi connectivity index (χ4n) is 4.34. The third kappa shape index (κ3) is 5.35. The molecule has 2 heterocycles. The molecule has 0 aliphatic carbocycles. The highest BCUT2D eigenvalue weighted by Gasteiger charge is 2.32. The van der Waals surface area contributed by atoms with Gasteiger partial charge < -0.3 is 15.0 Å². The summed E-state index contributed by atoms with van der Waals surface area (Å²) in [6.07, 6.45) is -1.03. The second-order valence-electron chi connectivity index (χ2n) is 8.62. The summed E-state index contributed by atoms with van der Waals surface area (Å²) in [6, 6.07) is 9.22. The summed E-state index contributed by atoms with van der Waals surface area (Å²) < 4.78 is 56.9. The Morgan fingerprint density at radius 1 is 1.08 bits per heavy atom. The molecule has 0 fully saturated rings. The first-order valence-electron chi connectivity index (χ1n) is 11.4. The highest BCUT2D eigenvalue weighted by Crippen LogP contribution is 2.32. The number of hydrogen-bond donors (Lipinski definition) is 2. The number of anilines is 1. The normalized spacial score (nSPS) is 12.3. The molecule has 0 aliphatic heterocycles. The fourth-order valence-corrected chi connectivity index (χ4v) is 4.34. The molecule has 0 unspecified atom stereocenters. The third-order valence-electron chi connectivity index (χ3n) is 6.11. The van der Waals surface area contributed by atoms with Crippen molar-refractivity contribution in [3.8, 4) is 5.75 Å². The number of alkyl halides is 3. The third-order valence-corrected chi connectivity index (χ3v) is 6.11. The number of benzene rings is 2. The van der Waals surface area contributed by atoms with Crippen LogP contribution in [0, 0.1) is 26.6 Å². The lowest BCUT2D eigenvalue weighted by Gasteiger charge is -2.14. The number of allylic oxidation sites excluding steroid dienone is 1. The summed E-state index contributed by atoms with van der Waals surface area (Å²) in [5.41, 5.74) is 5.68. The number of hydrogen-bond acceptors (Lipinski definition) is 4. The van der Waals surface area contributed by atoms with Crippen LogP contribution in [0.25, 0.3) is 22.6 Å². The number of nitrogens with one attached hydrogen (secondary N) is 2. The number of aromatic amines is 1. The number of rotatable bonds is 7. The Hall–Kier alpha value is -3.88. The molecule has 2 aromatic heterocycles. The molecule has 0 spiro atoms. The number of nitrogens with zero attached hydrogens (tertiary/aromatic N) is 2. The quantitative estimate of drug-likeness (QED) is 0.266. The van der Waals surface area contributed by atoms with Gasteiger partial charge in [0.15, 0.2) is 0 Å². The summed E-state index contributed by atoms with van der Waals surface area (Å²) in [5, 5.41) is 4.21. The lowest BCUT2D eigenvalue weighted by atomic mass is 10.0. The Morgan fingerprint density at radius 2 is 1.83 bits per heavy atom. The van der Waals surface area contributed by atoms with Gasteiger partial charge in [0, 0.05) is 28.8 Å². The van der Waals surface area contributed by atoms with Crippen molar-refractivity contribution in [3.63, 3.8) is 0 Å². The Labute approximate surface area is 206 Å². The minimum atomic E-state index is -4.79. The van der Waals surface area contributed by atoms with E-state index in [0.717, 1.165) is 27.8 Å². The maximum absolute atomic E-state index is 14.2. The second kappa shape index (κ2) is 10.0. The molecular weight excluding hydrogens is 472 g/mol. The average molecular weight is 499 g/mol. The first-order chi connectivity index (χ1) is 17.0. The van der Waals surface area contributed by atoms with Gasteiger partial charge >= 0.3 is 6.36 Å². The number of ether oxygens (including phenoxy) is 1. The van der Waals surface area contributed by atoms with Gasteiger partial charge in [-0.05, 0) is 69.0 Å². The van der Waals surface area contributed by atoms with E-state index in [9.17, 15) is 17.6 Å². The Bertz CT molecular complexity index is 1440. The van der Waals surface area contributed by atoms with E-state index in [2.05, 4.69) is 25.0 Å². The van der Waals surface area contributed by atoms with Crippen molar-refractivity contribution in [2.24, 2.45) is 0 Å². The maximum atomic E-state index is 14.2. The summed E-state index contributed by atoms with van der Waals surface area (Å²) >= 11 is 0. The van der Waals surface area contributed by atoms with Crippen molar-refractivity contribution >= 4 is 28.4 Å². The molecule has 0 radical (unpaired) electrons. The molecule has 2 N–H and O–H groups in total. The van der Waals surface area contributed by atoms with Gasteiger partial charge in [-0.2, -0.15) is 0 Å². The van der Waals surface area contributed by atoms with E-state index >= 15 is 0 Å². The Balaban J connectivity index is 1.54. The van der Waals surface area contributed by atoms with Crippen LogP contribution in [0.4, 0.5) is 23.4 Å². The smallest absolute Gasteiger partial charge is 0.405 e. The zero-order chi connectivity index (χ0) is 26.0. The molecule has 4 aromatic rings. The van der Waals surface area contributed by atoms with Gasteiger partial charge in [0.2, 0.25) is 0 Å². The minimum Gasteiger partial charge on any atom is -0.405 e. The molecular formula is C27H26F4N4O. The van der Waals surface area contributed by atoms with Crippen LogP contribution in [-0.4, -0.2) is 27.9 Å². The molecule has 0 saturated carbocycles. The van der Waals surface area contributed by atoms with E-state index in [0.29, 0.717) is 41.1 Å². The maximum Gasteiger partial charge on any atom is 0.573 e. The van der Waals surface area contributed by atoms with Crippen LogP contribution >= 0.6 is 0 Å². The molecule has 0 atom stereocenters. The number of aromatic nitrogens is 3. The largest absolute Gasteiger partial charge is 0.573 e. The molecule has 2 aromatic carbocycles. The molecule has 188 valence electrons. The molecule has 5 nitrogen and oxygen atoms in total. The molecule has 0 aliphatic rings. The minimum absolute atomic E-state index is 0.273. The average Bonchev–Trinajstić information content (AvgIpc) is 3.15. The van der Waals surface area contributed by atoms with Crippen LogP contribution in [0.1, 0.15) is 40.6 Å². The number of para-hydroxylation sites is 1. The van der Waals surface area contributed by atoms with Crippen molar-refractivity contribution in [1.82, 2.24) is 15.0 Å². The molecule has 0 bridgehead atoms. The monoisotopic (exact) mass is 498 g/mol. The predicted octanol–water partition coefficient (Wildman–Crippen LogP) is 7.14. The number of aryl methyl sites for hydroxylation is 2. The fraction of sp³-hybridized carbons (Fsp3) is 0.259. The zero-order valence-electron chi connectivity index (χ0n) is 20.3. The summed E-state index contributed by atoms with van der Waals surface area (Å²) in [7, 11) is 0. The SMILES string of the molecule is C/C(=C\c1ncnc(NCCc2c(C)[nH]c3c(F)ccc(C)c23)c1C)c1ccccc1OC(F)(F)F. The van der Waals surface area contributed by atoms with Gasteiger partial charge in [0.25, 0.3) is 0 Å². The Morgan fingerprint density at radius 3 is 2.58 bits per heavy atom. The van der Waals surface area contributed by atoms with Crippen molar-refractivity contribution < 1.29 is 22.3 Å². The van der Waals surface area contributed by atoms with Crippen LogP contribution in [0.5, 0.6) is 5.75 Å². The van der Waals surface area contributed by atoms with Gasteiger partial charge in [-0.3, -0.25) is 0 Å². The Kier molecular flexibility index (Phi) is 7.01. The highest BCUT2D eigenvalue weighted by molar-refractivity contribution is 5.88. The van der Waals surface area contributed by atoms with Crippen LogP contribution in [0.2, 0.25) is 0 Å². The molecule has 9 heteroatoms. The van der Waals surface area contributed by atoms with E-state index in [1.54, 1.807) is 31.2 Å². The predicted molar refractivity (Wildman–Crippen MR) is 133 cm³/mol. The second-order valence-corrected chi connectivity index (χ2v) is 8.62. The first-order valence-corrected chi connectivity index (χ1v) is 11.4. The van der Waals surface area contributed by atoms with E-state index in [1.807, 2.05) is 20.8 Å². The summed E-state index contributed by atoms with van der Waals surface area (Å²) in [5.74, 6) is 0.0625. The standard InChI is InChI=1S/C27H26F4N4O/c1-15-9-10-21(28)25-24(15)20(18(4)35-25)11-12-32-26-17(3)22(33-14-34-26)13-16(2)19-7-5-6-8-23(19)36-27(29,30)31/h5-10,13-14,35H,11-12H2,1-4H3,(H,32,33,34)/b16-13+. The van der Waals surface area contributed by atoms with E-state index in [-0.39, 0.29) is 11.6 Å². The van der Waals surface area contributed by atoms with Crippen LogP contribution in [0.15, 0.2) is 42.7 Å². The first kappa shape index (κ1) is 25.2. The van der Waals surface area contributed by atoms with E-state index in [4.69, 9.17) is 0 Å². The van der Waals surface area contributed by atoms with Crippen LogP contribution < -0.4 is 10.1 Å². The molecule has 0 amide bonds. The van der Waals surface area contributed by atoms with Crippen molar-refractivity contribution in [3.05, 3.63) is 82.2 Å². The van der Waals surface area contributed by atoms with Gasteiger partial charge in [-0.25, -0.2) is 14.4 Å². The summed E-state index contributed by atoms with van der Waals surface area (Å²) in [6.45, 7) is 7.98. The zero-order valence-corrected chi connectivity index (χ0v) is 20.3. The highest BCUT2D eigenvalue weighted by atomic mass is 19.4. The van der Waals surface area contributed by atoms with Crippen LogP contribution in [-0.2, 0) is 6.42 Å². The number of fused-ring (bicyclic) bond motifs is 1.